The van der Waals surface area contributed by atoms with Crippen LogP contribution >= 0.6 is 22.7 Å². The number of fused-ring (bicyclic) bond motifs is 2. The first-order valence-corrected chi connectivity index (χ1v) is 8.33. The predicted molar refractivity (Wildman–Crippen MR) is 92.0 cm³/mol. The Morgan fingerprint density at radius 2 is 1.62 bits per heavy atom. The van der Waals surface area contributed by atoms with Crippen molar-refractivity contribution in [1.82, 2.24) is 9.97 Å². The van der Waals surface area contributed by atoms with E-state index in [-0.39, 0.29) is 0 Å². The molecule has 104 valence electrons. The van der Waals surface area contributed by atoms with E-state index in [1.807, 2.05) is 18.2 Å². The zero-order valence-electron chi connectivity index (χ0n) is 11.7. The molecular formula is C16H13N3S2. The van der Waals surface area contributed by atoms with Crippen molar-refractivity contribution in [3.8, 4) is 0 Å². The summed E-state index contributed by atoms with van der Waals surface area (Å²) in [6.45, 7) is 4.23. The van der Waals surface area contributed by atoms with Crippen LogP contribution in [0.4, 0.5) is 10.3 Å². The van der Waals surface area contributed by atoms with Crippen LogP contribution in [0.25, 0.3) is 20.4 Å². The van der Waals surface area contributed by atoms with Crippen LogP contribution < -0.4 is 5.32 Å². The van der Waals surface area contributed by atoms with E-state index in [4.69, 9.17) is 4.98 Å². The van der Waals surface area contributed by atoms with Crippen LogP contribution in [0.2, 0.25) is 0 Å². The number of nitrogens with one attached hydrogen (secondary N) is 1. The number of hydrogen-bond donors (Lipinski definition) is 1. The Morgan fingerprint density at radius 1 is 0.857 bits per heavy atom. The molecule has 0 atom stereocenters. The normalized spacial score (nSPS) is 11.3. The summed E-state index contributed by atoms with van der Waals surface area (Å²) in [5, 5.41) is 5.15. The van der Waals surface area contributed by atoms with Crippen molar-refractivity contribution in [2.75, 3.05) is 5.32 Å². The van der Waals surface area contributed by atoms with Gasteiger partial charge in [0, 0.05) is 0 Å². The van der Waals surface area contributed by atoms with Crippen molar-refractivity contribution in [2.45, 2.75) is 13.8 Å². The van der Waals surface area contributed by atoms with Crippen molar-refractivity contribution in [1.29, 1.82) is 0 Å². The number of hydrogen-bond acceptors (Lipinski definition) is 5. The number of para-hydroxylation sites is 1. The first kappa shape index (κ1) is 12.7. The van der Waals surface area contributed by atoms with Crippen molar-refractivity contribution in [3.05, 3.63) is 47.5 Å². The maximum Gasteiger partial charge on any atom is 0.190 e. The molecule has 0 spiro atoms. The molecule has 2 heterocycles. The summed E-state index contributed by atoms with van der Waals surface area (Å²) < 4.78 is 2.44. The molecule has 4 rings (SSSR count). The van der Waals surface area contributed by atoms with Gasteiger partial charge in [-0.15, -0.1) is 0 Å². The fraction of sp³-hybridized carbons (Fsp3) is 0.125. The van der Waals surface area contributed by atoms with E-state index in [1.165, 1.54) is 20.5 Å². The molecule has 0 bridgehead atoms. The van der Waals surface area contributed by atoms with Gasteiger partial charge in [0.25, 0.3) is 0 Å². The molecule has 1 N–H and O–H groups in total. The van der Waals surface area contributed by atoms with Crippen molar-refractivity contribution >= 4 is 53.4 Å². The lowest BCUT2D eigenvalue weighted by Gasteiger charge is -1.96. The molecular weight excluding hydrogens is 298 g/mol. The highest BCUT2D eigenvalue weighted by molar-refractivity contribution is 7.24. The molecule has 0 radical (unpaired) electrons. The van der Waals surface area contributed by atoms with Gasteiger partial charge in [-0.25, -0.2) is 9.97 Å². The van der Waals surface area contributed by atoms with Gasteiger partial charge in [-0.05, 0) is 37.1 Å². The lowest BCUT2D eigenvalue weighted by atomic mass is 10.1. The quantitative estimate of drug-likeness (QED) is 0.548. The Labute approximate surface area is 130 Å². The van der Waals surface area contributed by atoms with Crippen LogP contribution in [0.3, 0.4) is 0 Å². The van der Waals surface area contributed by atoms with E-state index in [0.717, 1.165) is 21.3 Å². The van der Waals surface area contributed by atoms with Gasteiger partial charge < -0.3 is 5.32 Å². The van der Waals surface area contributed by atoms with E-state index in [2.05, 4.69) is 42.3 Å². The van der Waals surface area contributed by atoms with Crippen LogP contribution in [-0.2, 0) is 0 Å². The molecule has 0 saturated heterocycles. The van der Waals surface area contributed by atoms with Crippen LogP contribution in [0.1, 0.15) is 11.1 Å². The lowest BCUT2D eigenvalue weighted by Crippen LogP contribution is -1.87. The number of benzene rings is 2. The smallest absolute Gasteiger partial charge is 0.190 e. The Balaban J connectivity index is 1.77. The standard InChI is InChI=1S/C16H13N3S2/c1-9-7-8-10(2)14-13(9)18-16(21-14)19-15-17-11-5-3-4-6-12(11)20-15/h3-8H,1-2H3,(H,17,18,19). The minimum atomic E-state index is 0.894. The fourth-order valence-corrected chi connectivity index (χ4v) is 4.27. The second-order valence-electron chi connectivity index (χ2n) is 5.01. The average molecular weight is 311 g/mol. The third-order valence-electron chi connectivity index (χ3n) is 3.45. The van der Waals surface area contributed by atoms with Crippen LogP contribution in [0, 0.1) is 13.8 Å². The second-order valence-corrected chi connectivity index (χ2v) is 7.04. The Bertz CT molecular complexity index is 881. The molecule has 5 heteroatoms. The number of anilines is 2. The van der Waals surface area contributed by atoms with E-state index in [1.54, 1.807) is 22.7 Å². The molecule has 0 aliphatic rings. The number of nitrogens with zero attached hydrogens (tertiary/aromatic N) is 2. The highest BCUT2D eigenvalue weighted by atomic mass is 32.1. The molecule has 4 aromatic rings. The summed E-state index contributed by atoms with van der Waals surface area (Å²) >= 11 is 3.34. The van der Waals surface area contributed by atoms with Crippen LogP contribution in [-0.4, -0.2) is 9.97 Å². The van der Waals surface area contributed by atoms with Gasteiger partial charge >= 0.3 is 0 Å². The summed E-state index contributed by atoms with van der Waals surface area (Å²) in [7, 11) is 0. The Hall–Kier alpha value is -1.98. The first-order chi connectivity index (χ1) is 10.2. The van der Waals surface area contributed by atoms with Gasteiger partial charge in [0.15, 0.2) is 10.3 Å². The molecule has 0 aliphatic heterocycles. The number of thiazole rings is 2. The lowest BCUT2D eigenvalue weighted by molar-refractivity contribution is 1.37. The van der Waals surface area contributed by atoms with Crippen LogP contribution in [0.5, 0.6) is 0 Å². The largest absolute Gasteiger partial charge is 0.307 e. The molecule has 3 nitrogen and oxygen atoms in total. The monoisotopic (exact) mass is 311 g/mol. The first-order valence-electron chi connectivity index (χ1n) is 6.70. The number of rotatable bonds is 2. The van der Waals surface area contributed by atoms with Gasteiger partial charge in [-0.3, -0.25) is 0 Å². The van der Waals surface area contributed by atoms with E-state index >= 15 is 0 Å². The SMILES string of the molecule is Cc1ccc(C)c2sc(Nc3nc4ccccc4s3)nc12. The molecule has 0 amide bonds. The summed E-state index contributed by atoms with van der Waals surface area (Å²) in [6.07, 6.45) is 0. The minimum Gasteiger partial charge on any atom is -0.307 e. The average Bonchev–Trinajstić information content (AvgIpc) is 3.07. The van der Waals surface area contributed by atoms with Crippen molar-refractivity contribution < 1.29 is 0 Å². The third kappa shape index (κ3) is 2.18. The van der Waals surface area contributed by atoms with Gasteiger partial charge in [0.2, 0.25) is 0 Å². The van der Waals surface area contributed by atoms with Gasteiger partial charge in [-0.1, -0.05) is 46.9 Å². The topological polar surface area (TPSA) is 37.8 Å². The van der Waals surface area contributed by atoms with Gasteiger partial charge in [0.1, 0.15) is 0 Å². The molecule has 0 fully saturated rings. The second kappa shape index (κ2) is 4.79. The zero-order chi connectivity index (χ0) is 14.4. The molecule has 21 heavy (non-hydrogen) atoms. The highest BCUT2D eigenvalue weighted by Gasteiger charge is 2.10. The summed E-state index contributed by atoms with van der Waals surface area (Å²) in [6, 6.07) is 12.4. The van der Waals surface area contributed by atoms with Gasteiger partial charge in [0.05, 0.1) is 20.4 Å². The van der Waals surface area contributed by atoms with E-state index in [0.29, 0.717) is 0 Å². The molecule has 0 unspecified atom stereocenters. The van der Waals surface area contributed by atoms with Gasteiger partial charge in [-0.2, -0.15) is 0 Å². The molecule has 2 aromatic carbocycles. The summed E-state index contributed by atoms with van der Waals surface area (Å²) in [5.41, 5.74) is 4.59. The zero-order valence-corrected chi connectivity index (χ0v) is 13.3. The summed E-state index contributed by atoms with van der Waals surface area (Å²) in [4.78, 5) is 9.31. The molecule has 0 aliphatic carbocycles. The number of aryl methyl sites for hydroxylation is 2. The highest BCUT2D eigenvalue weighted by Crippen LogP contribution is 2.34. The van der Waals surface area contributed by atoms with E-state index < -0.39 is 0 Å². The molecule has 0 saturated carbocycles. The summed E-state index contributed by atoms with van der Waals surface area (Å²) in [5.74, 6) is 0. The predicted octanol–water partition coefficient (Wildman–Crippen LogP) is 5.27. The van der Waals surface area contributed by atoms with Crippen LogP contribution in [0.15, 0.2) is 36.4 Å². The van der Waals surface area contributed by atoms with Crippen molar-refractivity contribution in [3.63, 3.8) is 0 Å². The molecule has 2 aromatic heterocycles. The van der Waals surface area contributed by atoms with E-state index in [9.17, 15) is 0 Å². The Morgan fingerprint density at radius 3 is 2.43 bits per heavy atom. The number of aromatic nitrogens is 2. The maximum absolute atomic E-state index is 4.71. The maximum atomic E-state index is 4.71. The third-order valence-corrected chi connectivity index (χ3v) is 5.51. The fourth-order valence-electron chi connectivity index (χ4n) is 2.33. The Kier molecular flexibility index (Phi) is 2.90. The minimum absolute atomic E-state index is 0.894. The van der Waals surface area contributed by atoms with Crippen molar-refractivity contribution in [2.24, 2.45) is 0 Å².